The van der Waals surface area contributed by atoms with Crippen LogP contribution in [0.25, 0.3) is 0 Å². The highest BCUT2D eigenvalue weighted by molar-refractivity contribution is 5.30. The van der Waals surface area contributed by atoms with Gasteiger partial charge in [0.2, 0.25) is 0 Å². The molecule has 1 N–H and O–H groups in total. The minimum Gasteiger partial charge on any atom is -0.463 e. The minimum atomic E-state index is -4.37. The molecule has 112 valence electrons. The maximum absolute atomic E-state index is 12.5. The van der Waals surface area contributed by atoms with Crippen LogP contribution in [0.15, 0.2) is 40.8 Å². The van der Waals surface area contributed by atoms with Gasteiger partial charge in [0.25, 0.3) is 0 Å². The largest absolute Gasteiger partial charge is 0.463 e. The highest BCUT2D eigenvalue weighted by Gasteiger charge is 2.37. The number of benzene rings is 1. The molecule has 1 aromatic carbocycles. The number of halogens is 3. The fourth-order valence-electron chi connectivity index (χ4n) is 2.45. The van der Waals surface area contributed by atoms with Crippen molar-refractivity contribution in [2.45, 2.75) is 31.5 Å². The molecule has 1 fully saturated rings. The van der Waals surface area contributed by atoms with Crippen molar-refractivity contribution in [1.29, 1.82) is 0 Å². The normalized spacial score (nSPS) is 23.1. The van der Waals surface area contributed by atoms with Crippen LogP contribution < -0.4 is 0 Å². The third-order valence-corrected chi connectivity index (χ3v) is 3.95. The molecule has 0 saturated heterocycles. The molecule has 1 saturated carbocycles. The van der Waals surface area contributed by atoms with Crippen molar-refractivity contribution in [3.63, 3.8) is 0 Å². The molecule has 0 radical (unpaired) electrons. The van der Waals surface area contributed by atoms with Gasteiger partial charge in [0.1, 0.15) is 17.6 Å². The van der Waals surface area contributed by atoms with E-state index in [9.17, 15) is 18.3 Å². The van der Waals surface area contributed by atoms with Gasteiger partial charge in [-0.1, -0.05) is 19.1 Å². The van der Waals surface area contributed by atoms with E-state index < -0.39 is 17.8 Å². The number of aliphatic hydroxyl groups excluding tert-OH is 1. The van der Waals surface area contributed by atoms with Gasteiger partial charge < -0.3 is 9.52 Å². The van der Waals surface area contributed by atoms with Crippen molar-refractivity contribution >= 4 is 0 Å². The predicted octanol–water partition coefficient (Wildman–Crippen LogP) is 4.50. The van der Waals surface area contributed by atoms with Crippen LogP contribution in [0.1, 0.15) is 48.0 Å². The second kappa shape index (κ2) is 4.91. The second-order valence-electron chi connectivity index (χ2n) is 5.58. The summed E-state index contributed by atoms with van der Waals surface area (Å²) in [6.45, 7) is 2.12. The number of rotatable bonds is 3. The van der Waals surface area contributed by atoms with Gasteiger partial charge in [-0.15, -0.1) is 0 Å². The standard InChI is InChI=1S/C16H15F3O2/c1-9-8-12(9)13-6-7-14(21-13)15(20)10-2-4-11(5-3-10)16(17,18)19/h2-7,9,12,15,20H,8H2,1H3. The van der Waals surface area contributed by atoms with E-state index in [-0.39, 0.29) is 0 Å². The Balaban J connectivity index is 1.78. The lowest BCUT2D eigenvalue weighted by Crippen LogP contribution is -2.05. The zero-order valence-electron chi connectivity index (χ0n) is 11.4. The average molecular weight is 296 g/mol. The van der Waals surface area contributed by atoms with Crippen molar-refractivity contribution in [3.8, 4) is 0 Å². The minimum absolute atomic E-state index is 0.365. The summed E-state index contributed by atoms with van der Waals surface area (Å²) >= 11 is 0. The predicted molar refractivity (Wildman–Crippen MR) is 70.7 cm³/mol. The van der Waals surface area contributed by atoms with Crippen LogP contribution in [0.4, 0.5) is 13.2 Å². The monoisotopic (exact) mass is 296 g/mol. The molecule has 0 spiro atoms. The highest BCUT2D eigenvalue weighted by Crippen LogP contribution is 2.47. The molecule has 0 amide bonds. The maximum atomic E-state index is 12.5. The first-order valence-electron chi connectivity index (χ1n) is 6.81. The number of alkyl halides is 3. The molecule has 5 heteroatoms. The van der Waals surface area contributed by atoms with E-state index in [0.29, 0.717) is 23.2 Å². The van der Waals surface area contributed by atoms with Crippen LogP contribution in [0, 0.1) is 5.92 Å². The first-order chi connectivity index (χ1) is 9.86. The van der Waals surface area contributed by atoms with Crippen LogP contribution in [-0.4, -0.2) is 5.11 Å². The lowest BCUT2D eigenvalue weighted by molar-refractivity contribution is -0.137. The zero-order chi connectivity index (χ0) is 15.2. The molecule has 1 heterocycles. The van der Waals surface area contributed by atoms with Crippen molar-refractivity contribution in [3.05, 3.63) is 59.0 Å². The molecular weight excluding hydrogens is 281 g/mol. The summed E-state index contributed by atoms with van der Waals surface area (Å²) in [5, 5.41) is 10.2. The van der Waals surface area contributed by atoms with E-state index in [2.05, 4.69) is 6.92 Å². The summed E-state index contributed by atoms with van der Waals surface area (Å²) in [5.74, 6) is 2.19. The second-order valence-corrected chi connectivity index (χ2v) is 5.58. The lowest BCUT2D eigenvalue weighted by Gasteiger charge is -2.11. The van der Waals surface area contributed by atoms with Crippen LogP contribution in [-0.2, 0) is 6.18 Å². The van der Waals surface area contributed by atoms with Crippen LogP contribution in [0.2, 0.25) is 0 Å². The Morgan fingerprint density at radius 1 is 1.14 bits per heavy atom. The smallest absolute Gasteiger partial charge is 0.416 e. The van der Waals surface area contributed by atoms with Gasteiger partial charge in [-0.2, -0.15) is 13.2 Å². The highest BCUT2D eigenvalue weighted by atomic mass is 19.4. The summed E-state index contributed by atoms with van der Waals surface area (Å²) in [6, 6.07) is 7.99. The number of hydrogen-bond donors (Lipinski definition) is 1. The Kier molecular flexibility index (Phi) is 3.32. The van der Waals surface area contributed by atoms with Crippen molar-refractivity contribution in [2.24, 2.45) is 5.92 Å². The Bertz CT molecular complexity index is 628. The summed E-state index contributed by atoms with van der Waals surface area (Å²) in [6.07, 6.45) is -4.35. The van der Waals surface area contributed by atoms with Crippen LogP contribution >= 0.6 is 0 Å². The van der Waals surface area contributed by atoms with Gasteiger partial charge in [0.15, 0.2) is 0 Å². The molecule has 2 aromatic rings. The molecule has 21 heavy (non-hydrogen) atoms. The number of furan rings is 1. The number of hydrogen-bond acceptors (Lipinski definition) is 2. The Labute approximate surface area is 120 Å². The first-order valence-corrected chi connectivity index (χ1v) is 6.81. The Morgan fingerprint density at radius 3 is 2.29 bits per heavy atom. The van der Waals surface area contributed by atoms with Crippen LogP contribution in [0.3, 0.4) is 0 Å². The van der Waals surface area contributed by atoms with Gasteiger partial charge >= 0.3 is 6.18 Å². The molecule has 2 nitrogen and oxygen atoms in total. The fraction of sp³-hybridized carbons (Fsp3) is 0.375. The van der Waals surface area contributed by atoms with E-state index in [4.69, 9.17) is 4.42 Å². The van der Waals surface area contributed by atoms with Gasteiger partial charge in [0, 0.05) is 5.92 Å². The van der Waals surface area contributed by atoms with E-state index in [1.807, 2.05) is 6.07 Å². The third-order valence-electron chi connectivity index (χ3n) is 3.95. The molecule has 3 rings (SSSR count). The van der Waals surface area contributed by atoms with Crippen molar-refractivity contribution in [1.82, 2.24) is 0 Å². The van der Waals surface area contributed by atoms with Crippen LogP contribution in [0.5, 0.6) is 0 Å². The van der Waals surface area contributed by atoms with Gasteiger partial charge in [0.05, 0.1) is 5.56 Å². The van der Waals surface area contributed by atoms with E-state index >= 15 is 0 Å². The van der Waals surface area contributed by atoms with Crippen molar-refractivity contribution < 1.29 is 22.7 Å². The molecule has 1 aliphatic carbocycles. The molecule has 0 bridgehead atoms. The number of aliphatic hydroxyl groups is 1. The third kappa shape index (κ3) is 2.83. The average Bonchev–Trinajstić information content (AvgIpc) is 2.99. The Morgan fingerprint density at radius 2 is 1.76 bits per heavy atom. The quantitative estimate of drug-likeness (QED) is 0.904. The van der Waals surface area contributed by atoms with Gasteiger partial charge in [-0.3, -0.25) is 0 Å². The summed E-state index contributed by atoms with van der Waals surface area (Å²) in [4.78, 5) is 0. The SMILES string of the molecule is CC1CC1c1ccc(C(O)c2ccc(C(F)(F)F)cc2)o1. The van der Waals surface area contributed by atoms with Gasteiger partial charge in [-0.05, 0) is 42.2 Å². The molecule has 1 aliphatic rings. The summed E-state index contributed by atoms with van der Waals surface area (Å²) in [7, 11) is 0. The summed E-state index contributed by atoms with van der Waals surface area (Å²) < 4.78 is 43.1. The van der Waals surface area contributed by atoms with Crippen molar-refractivity contribution in [2.75, 3.05) is 0 Å². The Hall–Kier alpha value is -1.75. The molecule has 1 aromatic heterocycles. The van der Waals surface area contributed by atoms with E-state index in [1.165, 1.54) is 12.1 Å². The van der Waals surface area contributed by atoms with E-state index in [0.717, 1.165) is 24.3 Å². The molecular formula is C16H15F3O2. The fourth-order valence-corrected chi connectivity index (χ4v) is 2.45. The zero-order valence-corrected chi connectivity index (χ0v) is 11.4. The van der Waals surface area contributed by atoms with Gasteiger partial charge in [-0.25, -0.2) is 0 Å². The molecule has 3 unspecified atom stereocenters. The van der Waals surface area contributed by atoms with E-state index in [1.54, 1.807) is 6.07 Å². The lowest BCUT2D eigenvalue weighted by atomic mass is 10.1. The molecule has 0 aliphatic heterocycles. The maximum Gasteiger partial charge on any atom is 0.416 e. The molecule has 3 atom stereocenters. The topological polar surface area (TPSA) is 33.4 Å². The first kappa shape index (κ1) is 14.2. The summed E-state index contributed by atoms with van der Waals surface area (Å²) in [5.41, 5.74) is -0.349.